The zero-order valence-electron chi connectivity index (χ0n) is 10.9. The van der Waals surface area contributed by atoms with Crippen LogP contribution in [0.1, 0.15) is 34.1 Å². The van der Waals surface area contributed by atoms with E-state index in [4.69, 9.17) is 11.5 Å². The van der Waals surface area contributed by atoms with E-state index in [1.165, 1.54) is 6.42 Å². The van der Waals surface area contributed by atoms with Crippen LogP contribution in [0.5, 0.6) is 0 Å². The quantitative estimate of drug-likeness (QED) is 0.641. The minimum Gasteiger partial charge on any atom is -0.329 e. The maximum Gasteiger partial charge on any atom is 0.0105 e. The molecule has 0 aliphatic carbocycles. The molecule has 4 N–H and O–H groups in total. The van der Waals surface area contributed by atoms with Gasteiger partial charge in [-0.1, -0.05) is 27.7 Å². The van der Waals surface area contributed by atoms with Gasteiger partial charge in [-0.3, -0.25) is 0 Å². The third-order valence-corrected chi connectivity index (χ3v) is 2.50. The molecule has 0 saturated carbocycles. The summed E-state index contributed by atoms with van der Waals surface area (Å²) in [6, 6.07) is 0. The summed E-state index contributed by atoms with van der Waals surface area (Å²) >= 11 is 0. The summed E-state index contributed by atoms with van der Waals surface area (Å²) in [6.45, 7) is 13.7. The van der Waals surface area contributed by atoms with E-state index in [0.717, 1.165) is 38.6 Å². The zero-order valence-corrected chi connectivity index (χ0v) is 10.9. The first-order valence-electron chi connectivity index (χ1n) is 6.04. The summed E-state index contributed by atoms with van der Waals surface area (Å²) in [5.41, 5.74) is 11.6. The van der Waals surface area contributed by atoms with Gasteiger partial charge in [-0.25, -0.2) is 0 Å². The maximum absolute atomic E-state index is 5.60. The molecule has 0 aromatic heterocycles. The number of nitrogens with zero attached hydrogens (tertiary/aromatic N) is 1. The number of hydrogen-bond acceptors (Lipinski definition) is 3. The van der Waals surface area contributed by atoms with Crippen molar-refractivity contribution in [2.45, 2.75) is 34.1 Å². The Hall–Kier alpha value is -0.120. The Morgan fingerprint density at radius 3 is 1.87 bits per heavy atom. The molecule has 0 rings (SSSR count). The summed E-state index contributed by atoms with van der Waals surface area (Å²) in [5, 5.41) is 0. The van der Waals surface area contributed by atoms with E-state index < -0.39 is 0 Å². The molecule has 3 heteroatoms. The van der Waals surface area contributed by atoms with Crippen molar-refractivity contribution >= 4 is 0 Å². The third kappa shape index (κ3) is 7.77. The van der Waals surface area contributed by atoms with Gasteiger partial charge in [0.15, 0.2) is 0 Å². The van der Waals surface area contributed by atoms with E-state index >= 15 is 0 Å². The van der Waals surface area contributed by atoms with Gasteiger partial charge in [0.25, 0.3) is 0 Å². The van der Waals surface area contributed by atoms with Crippen LogP contribution in [0, 0.1) is 11.3 Å². The van der Waals surface area contributed by atoms with Crippen LogP contribution < -0.4 is 11.5 Å². The molecule has 0 aliphatic rings. The van der Waals surface area contributed by atoms with Crippen LogP contribution >= 0.6 is 0 Å². The van der Waals surface area contributed by atoms with E-state index in [2.05, 4.69) is 32.6 Å². The second-order valence-corrected chi connectivity index (χ2v) is 5.62. The fourth-order valence-corrected chi connectivity index (χ4v) is 2.41. The van der Waals surface area contributed by atoms with Gasteiger partial charge in [0.2, 0.25) is 0 Å². The Balaban J connectivity index is 4.11. The van der Waals surface area contributed by atoms with Gasteiger partial charge in [0.05, 0.1) is 0 Å². The smallest absolute Gasteiger partial charge is 0.0105 e. The first-order chi connectivity index (χ1) is 6.91. The molecular formula is C12H29N3. The normalized spacial score (nSPS) is 12.8. The van der Waals surface area contributed by atoms with Gasteiger partial charge in [0.1, 0.15) is 0 Å². The highest BCUT2D eigenvalue weighted by atomic mass is 15.1. The van der Waals surface area contributed by atoms with Crippen molar-refractivity contribution in [3.05, 3.63) is 0 Å². The SMILES string of the molecule is CC(C)CC(C)(C)CN(CCN)CCN. The topological polar surface area (TPSA) is 55.3 Å². The van der Waals surface area contributed by atoms with Crippen molar-refractivity contribution in [3.63, 3.8) is 0 Å². The van der Waals surface area contributed by atoms with E-state index in [1.54, 1.807) is 0 Å². The van der Waals surface area contributed by atoms with E-state index in [0.29, 0.717) is 5.41 Å². The summed E-state index contributed by atoms with van der Waals surface area (Å²) < 4.78 is 0. The lowest BCUT2D eigenvalue weighted by atomic mass is 9.83. The Kier molecular flexibility index (Phi) is 7.14. The number of hydrogen-bond donors (Lipinski definition) is 2. The molecule has 0 aromatic carbocycles. The largest absolute Gasteiger partial charge is 0.329 e. The second kappa shape index (κ2) is 7.20. The molecule has 0 bridgehead atoms. The highest BCUT2D eigenvalue weighted by Gasteiger charge is 2.22. The molecule has 0 aromatic rings. The van der Waals surface area contributed by atoms with Crippen molar-refractivity contribution in [1.29, 1.82) is 0 Å². The molecular weight excluding hydrogens is 186 g/mol. The summed E-state index contributed by atoms with van der Waals surface area (Å²) in [7, 11) is 0. The Bertz CT molecular complexity index is 149. The van der Waals surface area contributed by atoms with Gasteiger partial charge in [-0.15, -0.1) is 0 Å². The first kappa shape index (κ1) is 14.9. The molecule has 0 heterocycles. The van der Waals surface area contributed by atoms with Crippen LogP contribution in [-0.2, 0) is 0 Å². The molecule has 0 unspecified atom stereocenters. The van der Waals surface area contributed by atoms with E-state index in [1.807, 2.05) is 0 Å². The van der Waals surface area contributed by atoms with Gasteiger partial charge in [-0.2, -0.15) is 0 Å². The highest BCUT2D eigenvalue weighted by molar-refractivity contribution is 4.75. The second-order valence-electron chi connectivity index (χ2n) is 5.62. The number of rotatable bonds is 8. The molecule has 0 radical (unpaired) electrons. The van der Waals surface area contributed by atoms with Crippen molar-refractivity contribution in [2.24, 2.45) is 22.8 Å². The fourth-order valence-electron chi connectivity index (χ4n) is 2.41. The molecule has 0 aliphatic heterocycles. The average molecular weight is 215 g/mol. The van der Waals surface area contributed by atoms with Crippen molar-refractivity contribution in [2.75, 3.05) is 32.7 Å². The molecule has 92 valence electrons. The maximum atomic E-state index is 5.60. The first-order valence-corrected chi connectivity index (χ1v) is 6.04. The van der Waals surface area contributed by atoms with E-state index in [9.17, 15) is 0 Å². The summed E-state index contributed by atoms with van der Waals surface area (Å²) in [5.74, 6) is 0.748. The fraction of sp³-hybridized carbons (Fsp3) is 1.00. The van der Waals surface area contributed by atoms with Gasteiger partial charge >= 0.3 is 0 Å². The van der Waals surface area contributed by atoms with Crippen LogP contribution in [0.2, 0.25) is 0 Å². The average Bonchev–Trinajstić information content (AvgIpc) is 2.01. The highest BCUT2D eigenvalue weighted by Crippen LogP contribution is 2.26. The predicted octanol–water partition coefficient (Wildman–Crippen LogP) is 1.28. The van der Waals surface area contributed by atoms with Crippen molar-refractivity contribution in [3.8, 4) is 0 Å². The van der Waals surface area contributed by atoms with Crippen LogP contribution in [0.3, 0.4) is 0 Å². The molecule has 0 spiro atoms. The minimum atomic E-state index is 0.360. The third-order valence-electron chi connectivity index (χ3n) is 2.50. The van der Waals surface area contributed by atoms with Crippen LogP contribution in [-0.4, -0.2) is 37.6 Å². The zero-order chi connectivity index (χ0) is 11.9. The van der Waals surface area contributed by atoms with Crippen LogP contribution in [0.25, 0.3) is 0 Å². The monoisotopic (exact) mass is 215 g/mol. The lowest BCUT2D eigenvalue weighted by Gasteiger charge is -2.33. The molecule has 15 heavy (non-hydrogen) atoms. The van der Waals surface area contributed by atoms with Crippen molar-refractivity contribution < 1.29 is 0 Å². The van der Waals surface area contributed by atoms with Crippen molar-refractivity contribution in [1.82, 2.24) is 4.90 Å². The lowest BCUT2D eigenvalue weighted by Crippen LogP contribution is -2.40. The van der Waals surface area contributed by atoms with Crippen LogP contribution in [0.4, 0.5) is 0 Å². The van der Waals surface area contributed by atoms with E-state index in [-0.39, 0.29) is 0 Å². The number of nitrogens with two attached hydrogens (primary N) is 2. The van der Waals surface area contributed by atoms with Gasteiger partial charge in [0, 0.05) is 32.7 Å². The molecule has 0 saturated heterocycles. The Morgan fingerprint density at radius 2 is 1.53 bits per heavy atom. The lowest BCUT2D eigenvalue weighted by molar-refractivity contribution is 0.161. The molecule has 0 fully saturated rings. The Labute approximate surface area is 95.2 Å². The van der Waals surface area contributed by atoms with Gasteiger partial charge < -0.3 is 16.4 Å². The molecule has 0 atom stereocenters. The standard InChI is InChI=1S/C12H29N3/c1-11(2)9-12(3,4)10-15(7-5-13)8-6-14/h11H,5-10,13-14H2,1-4H3. The molecule has 3 nitrogen and oxygen atoms in total. The summed E-state index contributed by atoms with van der Waals surface area (Å²) in [6.07, 6.45) is 1.25. The molecule has 0 amide bonds. The van der Waals surface area contributed by atoms with Gasteiger partial charge in [-0.05, 0) is 17.8 Å². The Morgan fingerprint density at radius 1 is 1.07 bits per heavy atom. The summed E-state index contributed by atoms with van der Waals surface area (Å²) in [4.78, 5) is 2.38. The van der Waals surface area contributed by atoms with Crippen LogP contribution in [0.15, 0.2) is 0 Å². The minimum absolute atomic E-state index is 0.360. The predicted molar refractivity (Wildman–Crippen MR) is 67.8 cm³/mol.